The van der Waals surface area contributed by atoms with Crippen molar-refractivity contribution in [3.8, 4) is 0 Å². The van der Waals surface area contributed by atoms with Gasteiger partial charge in [-0.3, -0.25) is 4.40 Å². The van der Waals surface area contributed by atoms with Gasteiger partial charge in [0, 0.05) is 11.2 Å². The SMILES string of the molecule is Cc1ccc(N=Nc2c(C(=O)O)nc3ccc(Cl)cn23)cc1Cl. The van der Waals surface area contributed by atoms with Gasteiger partial charge >= 0.3 is 5.97 Å². The van der Waals surface area contributed by atoms with Crippen molar-refractivity contribution in [3.05, 3.63) is 57.8 Å². The molecule has 0 radical (unpaired) electrons. The molecule has 1 N–H and O–H groups in total. The molecular weight excluding hydrogens is 339 g/mol. The third kappa shape index (κ3) is 3.04. The Hall–Kier alpha value is -2.44. The number of aromatic nitrogens is 2. The molecule has 3 aromatic rings. The van der Waals surface area contributed by atoms with Gasteiger partial charge in [-0.2, -0.15) is 0 Å². The number of imidazole rings is 1. The molecule has 2 aromatic heterocycles. The summed E-state index contributed by atoms with van der Waals surface area (Å²) in [6.45, 7) is 1.87. The van der Waals surface area contributed by atoms with E-state index in [1.165, 1.54) is 10.6 Å². The molecule has 0 saturated carbocycles. The highest BCUT2D eigenvalue weighted by Crippen LogP contribution is 2.27. The molecule has 1 aromatic carbocycles. The number of hydrogen-bond acceptors (Lipinski definition) is 4. The molecule has 0 atom stereocenters. The maximum atomic E-state index is 11.4. The number of benzene rings is 1. The third-order valence-corrected chi connectivity index (χ3v) is 3.81. The molecule has 0 unspecified atom stereocenters. The zero-order chi connectivity index (χ0) is 16.6. The largest absolute Gasteiger partial charge is 0.476 e. The van der Waals surface area contributed by atoms with Crippen molar-refractivity contribution in [2.45, 2.75) is 6.92 Å². The first-order valence-electron chi connectivity index (χ1n) is 6.54. The van der Waals surface area contributed by atoms with E-state index in [1.54, 1.807) is 30.3 Å². The van der Waals surface area contributed by atoms with Crippen LogP contribution in [0, 0.1) is 6.92 Å². The van der Waals surface area contributed by atoms with Crippen molar-refractivity contribution in [1.29, 1.82) is 0 Å². The van der Waals surface area contributed by atoms with Crippen molar-refractivity contribution in [1.82, 2.24) is 9.38 Å². The summed E-state index contributed by atoms with van der Waals surface area (Å²) in [6.07, 6.45) is 1.53. The van der Waals surface area contributed by atoms with Gasteiger partial charge in [-0.1, -0.05) is 29.3 Å². The third-order valence-electron chi connectivity index (χ3n) is 3.18. The number of halogens is 2. The second-order valence-corrected chi connectivity index (χ2v) is 5.64. The predicted octanol–water partition coefficient (Wildman–Crippen LogP) is 5.06. The van der Waals surface area contributed by atoms with Crippen molar-refractivity contribution >= 4 is 46.3 Å². The Morgan fingerprint density at radius 3 is 2.70 bits per heavy atom. The maximum Gasteiger partial charge on any atom is 0.358 e. The zero-order valence-electron chi connectivity index (χ0n) is 11.9. The Labute approximate surface area is 141 Å². The van der Waals surface area contributed by atoms with Crippen LogP contribution in [0.1, 0.15) is 16.1 Å². The fraction of sp³-hybridized carbons (Fsp3) is 0.0667. The number of pyridine rings is 1. The van der Waals surface area contributed by atoms with Crippen molar-refractivity contribution in [3.63, 3.8) is 0 Å². The lowest BCUT2D eigenvalue weighted by Crippen LogP contribution is -1.96. The van der Waals surface area contributed by atoms with Crippen LogP contribution in [0.15, 0.2) is 46.8 Å². The molecule has 3 rings (SSSR count). The molecule has 0 spiro atoms. The molecule has 116 valence electrons. The Balaban J connectivity index is 2.12. The number of carboxylic acids is 1. The quantitative estimate of drug-likeness (QED) is 0.671. The minimum Gasteiger partial charge on any atom is -0.476 e. The second kappa shape index (κ2) is 5.98. The summed E-state index contributed by atoms with van der Waals surface area (Å²) in [6, 6.07) is 8.42. The Bertz CT molecular complexity index is 950. The van der Waals surface area contributed by atoms with Crippen molar-refractivity contribution in [2.75, 3.05) is 0 Å². The van der Waals surface area contributed by atoms with E-state index in [1.807, 2.05) is 6.92 Å². The monoisotopic (exact) mass is 348 g/mol. The van der Waals surface area contributed by atoms with Gasteiger partial charge in [-0.15, -0.1) is 10.2 Å². The molecule has 23 heavy (non-hydrogen) atoms. The van der Waals surface area contributed by atoms with Gasteiger partial charge in [0.05, 0.1) is 10.7 Å². The van der Waals surface area contributed by atoms with E-state index in [0.717, 1.165) is 5.56 Å². The highest BCUT2D eigenvalue weighted by Gasteiger charge is 2.18. The summed E-state index contributed by atoms with van der Waals surface area (Å²) in [5, 5.41) is 18.3. The van der Waals surface area contributed by atoms with E-state index < -0.39 is 5.97 Å². The van der Waals surface area contributed by atoms with Crippen LogP contribution in [0.5, 0.6) is 0 Å². The molecule has 0 fully saturated rings. The number of nitrogens with zero attached hydrogens (tertiary/aromatic N) is 4. The van der Waals surface area contributed by atoms with Crippen molar-refractivity contribution in [2.24, 2.45) is 10.2 Å². The fourth-order valence-electron chi connectivity index (χ4n) is 1.99. The second-order valence-electron chi connectivity index (χ2n) is 4.80. The minimum absolute atomic E-state index is 0.0895. The summed E-state index contributed by atoms with van der Waals surface area (Å²) in [7, 11) is 0. The number of carboxylic acid groups (broad SMARTS) is 1. The van der Waals surface area contributed by atoms with Crippen LogP contribution in [0.3, 0.4) is 0 Å². The van der Waals surface area contributed by atoms with Crippen molar-refractivity contribution < 1.29 is 9.90 Å². The summed E-state index contributed by atoms with van der Waals surface area (Å²) in [5.74, 6) is -1.10. The van der Waals surface area contributed by atoms with E-state index in [2.05, 4.69) is 15.2 Å². The average Bonchev–Trinajstić information content (AvgIpc) is 2.86. The van der Waals surface area contributed by atoms with Crippen LogP contribution in [-0.4, -0.2) is 20.5 Å². The highest BCUT2D eigenvalue weighted by atomic mass is 35.5. The molecule has 0 aliphatic carbocycles. The molecule has 0 bridgehead atoms. The predicted molar refractivity (Wildman–Crippen MR) is 87.5 cm³/mol. The van der Waals surface area contributed by atoms with E-state index in [4.69, 9.17) is 23.2 Å². The first-order chi connectivity index (χ1) is 11.0. The molecule has 0 amide bonds. The molecule has 2 heterocycles. The normalized spacial score (nSPS) is 11.4. The number of aromatic carboxylic acids is 1. The summed E-state index contributed by atoms with van der Waals surface area (Å²) in [4.78, 5) is 15.4. The first-order valence-corrected chi connectivity index (χ1v) is 7.30. The zero-order valence-corrected chi connectivity index (χ0v) is 13.4. The number of azo groups is 1. The highest BCUT2D eigenvalue weighted by molar-refractivity contribution is 6.31. The van der Waals surface area contributed by atoms with Gasteiger partial charge < -0.3 is 5.11 Å². The lowest BCUT2D eigenvalue weighted by atomic mass is 10.2. The van der Waals surface area contributed by atoms with Crippen LogP contribution < -0.4 is 0 Å². The Morgan fingerprint density at radius 1 is 1.22 bits per heavy atom. The van der Waals surface area contributed by atoms with Gasteiger partial charge in [0.1, 0.15) is 5.65 Å². The molecule has 6 nitrogen and oxygen atoms in total. The van der Waals surface area contributed by atoms with Crippen LogP contribution in [0.2, 0.25) is 10.0 Å². The summed E-state index contributed by atoms with van der Waals surface area (Å²) >= 11 is 12.0. The lowest BCUT2D eigenvalue weighted by Gasteiger charge is -1.99. The van der Waals surface area contributed by atoms with Crippen LogP contribution in [0.4, 0.5) is 11.5 Å². The smallest absolute Gasteiger partial charge is 0.358 e. The Kier molecular flexibility index (Phi) is 4.02. The average molecular weight is 349 g/mol. The van der Waals surface area contributed by atoms with Crippen LogP contribution in [-0.2, 0) is 0 Å². The maximum absolute atomic E-state index is 11.4. The van der Waals surface area contributed by atoms with Gasteiger partial charge in [0.15, 0.2) is 11.5 Å². The van der Waals surface area contributed by atoms with Gasteiger partial charge in [-0.05, 0) is 36.8 Å². The van der Waals surface area contributed by atoms with E-state index in [9.17, 15) is 9.90 Å². The molecular formula is C15H10Cl2N4O2. The topological polar surface area (TPSA) is 79.3 Å². The molecule has 0 saturated heterocycles. The van der Waals surface area contributed by atoms with E-state index in [0.29, 0.717) is 21.4 Å². The van der Waals surface area contributed by atoms with Crippen LogP contribution in [0.25, 0.3) is 5.65 Å². The van der Waals surface area contributed by atoms with Gasteiger partial charge in [0.2, 0.25) is 0 Å². The first kappa shape index (κ1) is 15.5. The molecule has 0 aliphatic heterocycles. The summed E-state index contributed by atoms with van der Waals surface area (Å²) < 4.78 is 1.48. The summed E-state index contributed by atoms with van der Waals surface area (Å²) in [5.41, 5.74) is 1.64. The van der Waals surface area contributed by atoms with Crippen LogP contribution >= 0.6 is 23.2 Å². The standard InChI is InChI=1S/C15H10Cl2N4O2/c1-8-2-4-10(6-11(8)17)19-20-14-13(15(22)23)18-12-5-3-9(16)7-21(12)14/h2-7H,1H3,(H,22,23). The number of carbonyl (C=O) groups is 1. The van der Waals surface area contributed by atoms with E-state index in [-0.39, 0.29) is 11.5 Å². The fourth-order valence-corrected chi connectivity index (χ4v) is 2.33. The molecule has 0 aliphatic rings. The number of aryl methyl sites for hydroxylation is 1. The van der Waals surface area contributed by atoms with E-state index >= 15 is 0 Å². The number of fused-ring (bicyclic) bond motifs is 1. The minimum atomic E-state index is -1.19. The Morgan fingerprint density at radius 2 is 2.00 bits per heavy atom. The van der Waals surface area contributed by atoms with Gasteiger partial charge in [-0.25, -0.2) is 9.78 Å². The number of rotatable bonds is 3. The van der Waals surface area contributed by atoms with Gasteiger partial charge in [0.25, 0.3) is 0 Å². The number of hydrogen-bond donors (Lipinski definition) is 1. The molecule has 8 heteroatoms. The lowest BCUT2D eigenvalue weighted by molar-refractivity contribution is 0.0692.